The summed E-state index contributed by atoms with van der Waals surface area (Å²) in [6.07, 6.45) is -5.27. The van der Waals surface area contributed by atoms with Gasteiger partial charge in [0.2, 0.25) is 0 Å². The zero-order valence-electron chi connectivity index (χ0n) is 13.3. The Bertz CT molecular complexity index is 668. The van der Waals surface area contributed by atoms with Gasteiger partial charge in [-0.25, -0.2) is 4.79 Å². The number of benzene rings is 1. The van der Waals surface area contributed by atoms with Crippen LogP contribution in [0.4, 0.5) is 18.0 Å². The Morgan fingerprint density at radius 3 is 2.44 bits per heavy atom. The lowest BCUT2D eigenvalue weighted by atomic mass is 9.81. The van der Waals surface area contributed by atoms with Crippen molar-refractivity contribution >= 4 is 27.9 Å². The summed E-state index contributed by atoms with van der Waals surface area (Å²) in [6, 6.07) is 3.42. The molecule has 138 valence electrons. The van der Waals surface area contributed by atoms with Crippen LogP contribution >= 0.6 is 15.9 Å². The topological polar surface area (TPSA) is 78.9 Å². The number of carbonyl (C=O) groups is 2. The summed E-state index contributed by atoms with van der Waals surface area (Å²) in [6.45, 7) is 1.26. The van der Waals surface area contributed by atoms with Crippen LogP contribution in [-0.2, 0) is 9.53 Å². The molecule has 1 aromatic rings. The molecule has 0 bridgehead atoms. The van der Waals surface area contributed by atoms with E-state index in [1.165, 1.54) is 19.1 Å². The zero-order chi connectivity index (χ0) is 19.0. The average molecular weight is 425 g/mol. The molecule has 0 aliphatic carbocycles. The van der Waals surface area contributed by atoms with E-state index < -0.39 is 35.9 Å². The molecule has 1 aliphatic rings. The summed E-state index contributed by atoms with van der Waals surface area (Å²) >= 11 is 3.20. The fourth-order valence-electron chi connectivity index (χ4n) is 2.75. The number of hydrogen-bond acceptors (Lipinski definition) is 4. The van der Waals surface area contributed by atoms with E-state index in [0.717, 1.165) is 7.05 Å². The number of aliphatic hydroxyl groups is 1. The number of urea groups is 1. The minimum atomic E-state index is -5.27. The van der Waals surface area contributed by atoms with Gasteiger partial charge in [0.1, 0.15) is 5.92 Å². The van der Waals surface area contributed by atoms with Crippen LogP contribution < -0.4 is 5.32 Å². The largest absolute Gasteiger partial charge is 0.466 e. The zero-order valence-corrected chi connectivity index (χ0v) is 14.9. The van der Waals surface area contributed by atoms with Crippen LogP contribution in [0.5, 0.6) is 0 Å². The third-order valence-corrected chi connectivity index (χ3v) is 4.58. The first-order valence-electron chi connectivity index (χ1n) is 7.29. The van der Waals surface area contributed by atoms with Crippen molar-refractivity contribution in [1.82, 2.24) is 10.2 Å². The second-order valence-electron chi connectivity index (χ2n) is 5.49. The van der Waals surface area contributed by atoms with E-state index >= 15 is 0 Å². The minimum Gasteiger partial charge on any atom is -0.466 e. The first kappa shape index (κ1) is 19.5. The summed E-state index contributed by atoms with van der Waals surface area (Å²) in [7, 11) is 0.771. The lowest BCUT2D eigenvalue weighted by Gasteiger charge is -2.49. The smallest absolute Gasteiger partial charge is 0.437 e. The standard InChI is InChI=1S/C15H16BrF3N2O4/c1-3-25-12(22)10-11(8-4-6-9(16)7-5-8)20-13(23)21(2)14(10,24)15(17,18)19/h4-7,10-11,24H,3H2,1-2H3,(H,20,23)/t10-,11-,14+/m0/s1. The molecule has 0 saturated carbocycles. The molecule has 0 spiro atoms. The summed E-state index contributed by atoms with van der Waals surface area (Å²) in [4.78, 5) is 24.4. The van der Waals surface area contributed by atoms with Crippen molar-refractivity contribution in [2.75, 3.05) is 13.7 Å². The van der Waals surface area contributed by atoms with E-state index in [1.54, 1.807) is 12.1 Å². The maximum atomic E-state index is 13.7. The van der Waals surface area contributed by atoms with Crippen molar-refractivity contribution in [2.24, 2.45) is 5.92 Å². The molecule has 0 radical (unpaired) electrons. The number of nitrogens with one attached hydrogen (secondary N) is 1. The molecule has 1 aliphatic heterocycles. The normalized spacial score (nSPS) is 27.0. The molecule has 0 unspecified atom stereocenters. The van der Waals surface area contributed by atoms with Crippen molar-refractivity contribution in [2.45, 2.75) is 24.9 Å². The van der Waals surface area contributed by atoms with Gasteiger partial charge in [-0.05, 0) is 24.6 Å². The molecule has 1 heterocycles. The van der Waals surface area contributed by atoms with E-state index in [9.17, 15) is 27.9 Å². The number of alkyl halides is 3. The fraction of sp³-hybridized carbons (Fsp3) is 0.467. The molecule has 2 amide bonds. The molecule has 1 aromatic carbocycles. The van der Waals surface area contributed by atoms with Crippen LogP contribution in [0.1, 0.15) is 18.5 Å². The lowest BCUT2D eigenvalue weighted by molar-refractivity contribution is -0.328. The average Bonchev–Trinajstić information content (AvgIpc) is 2.52. The number of nitrogens with zero attached hydrogens (tertiary/aromatic N) is 1. The van der Waals surface area contributed by atoms with Crippen LogP contribution in [0.2, 0.25) is 0 Å². The Labute approximate surface area is 150 Å². The maximum absolute atomic E-state index is 13.7. The molecule has 25 heavy (non-hydrogen) atoms. The van der Waals surface area contributed by atoms with Gasteiger partial charge < -0.3 is 15.2 Å². The first-order chi connectivity index (χ1) is 11.5. The number of hydrogen-bond donors (Lipinski definition) is 2. The maximum Gasteiger partial charge on any atom is 0.437 e. The van der Waals surface area contributed by atoms with Gasteiger partial charge in [-0.2, -0.15) is 13.2 Å². The molecule has 6 nitrogen and oxygen atoms in total. The summed E-state index contributed by atoms with van der Waals surface area (Å²) in [5.74, 6) is -3.36. The third kappa shape index (κ3) is 3.32. The second kappa shape index (κ2) is 6.83. The predicted octanol–water partition coefficient (Wildman–Crippen LogP) is 2.58. The number of amides is 2. The molecule has 1 saturated heterocycles. The van der Waals surface area contributed by atoms with Crippen LogP contribution in [0.25, 0.3) is 0 Å². The Morgan fingerprint density at radius 1 is 1.40 bits per heavy atom. The molecule has 10 heteroatoms. The Balaban J connectivity index is 2.62. The SMILES string of the molecule is CCOC(=O)[C@@H]1[C@H](c2ccc(Br)cc2)NC(=O)N(C)[C@]1(O)C(F)(F)F. The molecule has 2 N–H and O–H groups in total. The van der Waals surface area contributed by atoms with Crippen molar-refractivity contribution in [3.63, 3.8) is 0 Å². The van der Waals surface area contributed by atoms with Crippen molar-refractivity contribution in [1.29, 1.82) is 0 Å². The van der Waals surface area contributed by atoms with E-state index in [2.05, 4.69) is 21.2 Å². The van der Waals surface area contributed by atoms with E-state index in [-0.39, 0.29) is 17.1 Å². The van der Waals surface area contributed by atoms with E-state index in [4.69, 9.17) is 4.74 Å². The second-order valence-corrected chi connectivity index (χ2v) is 6.41. The summed E-state index contributed by atoms with van der Waals surface area (Å²) in [5, 5.41) is 12.7. The first-order valence-corrected chi connectivity index (χ1v) is 8.08. The third-order valence-electron chi connectivity index (χ3n) is 4.05. The molecule has 2 rings (SSSR count). The van der Waals surface area contributed by atoms with Crippen molar-refractivity contribution in [3.8, 4) is 0 Å². The summed E-state index contributed by atoms with van der Waals surface area (Å²) in [5.41, 5.74) is -3.48. The van der Waals surface area contributed by atoms with E-state index in [0.29, 0.717) is 4.47 Å². The number of ether oxygens (including phenoxy) is 1. The van der Waals surface area contributed by atoms with Crippen molar-refractivity contribution in [3.05, 3.63) is 34.3 Å². The van der Waals surface area contributed by atoms with Gasteiger partial charge in [0.05, 0.1) is 12.6 Å². The van der Waals surface area contributed by atoms with E-state index in [1.807, 2.05) is 0 Å². The lowest BCUT2D eigenvalue weighted by Crippen LogP contribution is -2.73. The number of halogens is 4. The van der Waals surface area contributed by atoms with Gasteiger partial charge in [-0.1, -0.05) is 28.1 Å². The van der Waals surface area contributed by atoms with Crippen LogP contribution in [0.3, 0.4) is 0 Å². The number of esters is 1. The van der Waals surface area contributed by atoms with Gasteiger partial charge in [-0.3, -0.25) is 9.69 Å². The Kier molecular flexibility index (Phi) is 5.33. The van der Waals surface area contributed by atoms with Crippen molar-refractivity contribution < 1.29 is 32.6 Å². The number of rotatable bonds is 3. The van der Waals surface area contributed by atoms with Crippen LogP contribution in [-0.4, -0.2) is 47.6 Å². The van der Waals surface area contributed by atoms with Gasteiger partial charge in [0.15, 0.2) is 0 Å². The summed E-state index contributed by atoms with van der Waals surface area (Å²) < 4.78 is 46.4. The van der Waals surface area contributed by atoms with Gasteiger partial charge in [-0.15, -0.1) is 0 Å². The fourth-order valence-corrected chi connectivity index (χ4v) is 3.02. The minimum absolute atomic E-state index is 0.0734. The van der Waals surface area contributed by atoms with Crippen LogP contribution in [0, 0.1) is 5.92 Å². The monoisotopic (exact) mass is 424 g/mol. The molecular formula is C15H16BrF3N2O4. The molecule has 0 aromatic heterocycles. The highest BCUT2D eigenvalue weighted by Gasteiger charge is 2.69. The molecule has 3 atom stereocenters. The highest BCUT2D eigenvalue weighted by Crippen LogP contribution is 2.46. The molecule has 1 fully saturated rings. The molecular weight excluding hydrogens is 409 g/mol. The van der Waals surface area contributed by atoms with Gasteiger partial charge in [0.25, 0.3) is 5.72 Å². The Morgan fingerprint density at radius 2 is 1.96 bits per heavy atom. The Hall–Kier alpha value is -1.81. The number of carbonyl (C=O) groups excluding carboxylic acids is 2. The highest BCUT2D eigenvalue weighted by molar-refractivity contribution is 9.10. The van der Waals surface area contributed by atoms with Gasteiger partial charge in [0, 0.05) is 11.5 Å². The van der Waals surface area contributed by atoms with Crippen LogP contribution in [0.15, 0.2) is 28.7 Å². The highest BCUT2D eigenvalue weighted by atomic mass is 79.9. The predicted molar refractivity (Wildman–Crippen MR) is 84.3 cm³/mol. The van der Waals surface area contributed by atoms with Gasteiger partial charge >= 0.3 is 18.2 Å². The quantitative estimate of drug-likeness (QED) is 0.730.